The first-order chi connectivity index (χ1) is 13.4. The molecule has 0 aromatic heterocycles. The van der Waals surface area contributed by atoms with Crippen molar-refractivity contribution in [2.45, 2.75) is 25.5 Å². The average Bonchev–Trinajstić information content (AvgIpc) is 2.91. The van der Waals surface area contributed by atoms with E-state index in [9.17, 15) is 14.7 Å². The fraction of sp³-hybridized carbons (Fsp3) is 0.238. The fourth-order valence-corrected chi connectivity index (χ4v) is 3.84. The molecule has 7 heteroatoms. The molecular formula is C21H23N3O4. The van der Waals surface area contributed by atoms with E-state index in [1.807, 2.05) is 60.7 Å². The van der Waals surface area contributed by atoms with Gasteiger partial charge in [-0.05, 0) is 25.0 Å². The molecule has 0 saturated heterocycles. The van der Waals surface area contributed by atoms with Crippen LogP contribution in [0.4, 0.5) is 4.79 Å². The second kappa shape index (κ2) is 7.74. The van der Waals surface area contributed by atoms with Crippen LogP contribution in [-0.2, 0) is 14.9 Å². The maximum absolute atomic E-state index is 13.0. The van der Waals surface area contributed by atoms with Crippen molar-refractivity contribution in [1.29, 1.82) is 0 Å². The van der Waals surface area contributed by atoms with Crippen LogP contribution in [0.1, 0.15) is 25.0 Å². The molecule has 1 aliphatic heterocycles. The Morgan fingerprint density at radius 3 is 2.04 bits per heavy atom. The summed E-state index contributed by atoms with van der Waals surface area (Å²) in [6, 6.07) is 17.5. The number of hydrazine groups is 1. The summed E-state index contributed by atoms with van der Waals surface area (Å²) in [5.41, 5.74) is 8.42. The molecular weight excluding hydrogens is 358 g/mol. The van der Waals surface area contributed by atoms with Crippen molar-refractivity contribution in [3.8, 4) is 0 Å². The SMILES string of the molecule is CCOC(=O)C1=C(C)N(NC(N)=O)[C@@H](O)C1(c1ccccc1)c1ccccc1. The number of rotatable bonds is 5. The molecule has 28 heavy (non-hydrogen) atoms. The molecule has 0 aliphatic carbocycles. The van der Waals surface area contributed by atoms with E-state index in [4.69, 9.17) is 10.5 Å². The van der Waals surface area contributed by atoms with Gasteiger partial charge in [0, 0.05) is 5.70 Å². The highest BCUT2D eigenvalue weighted by Crippen LogP contribution is 2.50. The third-order valence-electron chi connectivity index (χ3n) is 4.92. The van der Waals surface area contributed by atoms with Crippen LogP contribution in [0.3, 0.4) is 0 Å². The zero-order valence-corrected chi connectivity index (χ0v) is 15.8. The lowest BCUT2D eigenvalue weighted by Crippen LogP contribution is -2.53. The number of nitrogens with zero attached hydrogens (tertiary/aromatic N) is 1. The van der Waals surface area contributed by atoms with Crippen molar-refractivity contribution in [2.24, 2.45) is 5.73 Å². The second-order valence-electron chi connectivity index (χ2n) is 6.44. The topological polar surface area (TPSA) is 105 Å². The standard InChI is InChI=1S/C21H23N3O4/c1-3-28-18(25)17-14(2)24(23-20(22)27)19(26)21(17,15-10-6-4-7-11-15)16-12-8-5-9-13-16/h4-13,19,26H,3H2,1-2H3,(H3,22,23,27)/t19-/m0/s1. The number of aliphatic hydroxyl groups is 1. The van der Waals surface area contributed by atoms with E-state index < -0.39 is 23.6 Å². The lowest BCUT2D eigenvalue weighted by atomic mass is 9.69. The number of urea groups is 1. The number of allylic oxidation sites excluding steroid dienone is 1. The normalized spacial score (nSPS) is 18.1. The maximum atomic E-state index is 13.0. The molecule has 0 unspecified atom stereocenters. The number of carbonyl (C=O) groups is 2. The van der Waals surface area contributed by atoms with Gasteiger partial charge < -0.3 is 15.6 Å². The minimum Gasteiger partial charge on any atom is -0.463 e. The summed E-state index contributed by atoms with van der Waals surface area (Å²) in [5.74, 6) is -0.569. The van der Waals surface area contributed by atoms with E-state index in [1.54, 1.807) is 13.8 Å². The van der Waals surface area contributed by atoms with E-state index in [0.717, 1.165) is 0 Å². The Labute approximate surface area is 163 Å². The molecule has 2 aromatic carbocycles. The number of hydrogen-bond donors (Lipinski definition) is 3. The minimum atomic E-state index is -1.32. The Bertz CT molecular complexity index is 857. The molecule has 2 amide bonds. The molecule has 146 valence electrons. The molecule has 0 radical (unpaired) electrons. The third-order valence-corrected chi connectivity index (χ3v) is 4.92. The van der Waals surface area contributed by atoms with Crippen LogP contribution in [0.5, 0.6) is 0 Å². The first kappa shape index (κ1) is 19.4. The van der Waals surface area contributed by atoms with Crippen molar-refractivity contribution in [2.75, 3.05) is 6.61 Å². The highest BCUT2D eigenvalue weighted by molar-refractivity contribution is 5.95. The van der Waals surface area contributed by atoms with E-state index in [1.165, 1.54) is 5.01 Å². The molecule has 1 atom stereocenters. The Morgan fingerprint density at radius 2 is 1.61 bits per heavy atom. The smallest absolute Gasteiger partial charge is 0.337 e. The number of primary amides is 1. The summed E-state index contributed by atoms with van der Waals surface area (Å²) in [4.78, 5) is 24.6. The molecule has 0 bridgehead atoms. The van der Waals surface area contributed by atoms with Crippen molar-refractivity contribution < 1.29 is 19.4 Å². The zero-order chi connectivity index (χ0) is 20.3. The van der Waals surface area contributed by atoms with Crippen molar-refractivity contribution >= 4 is 12.0 Å². The largest absolute Gasteiger partial charge is 0.463 e. The number of ether oxygens (including phenoxy) is 1. The first-order valence-electron chi connectivity index (χ1n) is 8.97. The van der Waals surface area contributed by atoms with E-state index in [-0.39, 0.29) is 12.2 Å². The van der Waals surface area contributed by atoms with E-state index in [2.05, 4.69) is 5.43 Å². The highest BCUT2D eigenvalue weighted by Gasteiger charge is 2.57. The number of amides is 2. The molecule has 0 spiro atoms. The molecule has 1 aliphatic rings. The van der Waals surface area contributed by atoms with Crippen molar-refractivity contribution in [3.63, 3.8) is 0 Å². The highest BCUT2D eigenvalue weighted by atomic mass is 16.5. The predicted molar refractivity (Wildman–Crippen MR) is 104 cm³/mol. The third kappa shape index (κ3) is 2.99. The summed E-state index contributed by atoms with van der Waals surface area (Å²) in [7, 11) is 0. The average molecular weight is 381 g/mol. The Balaban J connectivity index is 2.35. The first-order valence-corrected chi connectivity index (χ1v) is 8.97. The summed E-state index contributed by atoms with van der Waals surface area (Å²) in [5, 5.41) is 12.6. The minimum absolute atomic E-state index is 0.175. The number of esters is 1. The molecule has 0 saturated carbocycles. The lowest BCUT2D eigenvalue weighted by molar-refractivity contribution is -0.139. The van der Waals surface area contributed by atoms with Gasteiger partial charge in [-0.15, -0.1) is 0 Å². The predicted octanol–water partition coefficient (Wildman–Crippen LogP) is 2.03. The van der Waals surface area contributed by atoms with Gasteiger partial charge in [0.25, 0.3) is 0 Å². The van der Waals surface area contributed by atoms with Crippen LogP contribution >= 0.6 is 0 Å². The second-order valence-corrected chi connectivity index (χ2v) is 6.44. The number of hydrogen-bond acceptors (Lipinski definition) is 5. The fourth-order valence-electron chi connectivity index (χ4n) is 3.84. The van der Waals surface area contributed by atoms with Gasteiger partial charge in [-0.25, -0.2) is 15.0 Å². The number of nitrogens with one attached hydrogen (secondary N) is 1. The summed E-state index contributed by atoms with van der Waals surface area (Å²) in [6.45, 7) is 3.53. The number of carbonyl (C=O) groups excluding carboxylic acids is 2. The van der Waals surface area contributed by atoms with Crippen LogP contribution in [0.2, 0.25) is 0 Å². The van der Waals surface area contributed by atoms with Crippen LogP contribution in [0, 0.1) is 0 Å². The van der Waals surface area contributed by atoms with Gasteiger partial charge in [0.1, 0.15) is 5.41 Å². The molecule has 4 N–H and O–H groups in total. The molecule has 3 rings (SSSR count). The van der Waals surface area contributed by atoms with Gasteiger partial charge >= 0.3 is 12.0 Å². The van der Waals surface area contributed by atoms with Gasteiger partial charge in [-0.2, -0.15) is 0 Å². The van der Waals surface area contributed by atoms with Crippen LogP contribution in [0.15, 0.2) is 71.9 Å². The van der Waals surface area contributed by atoms with Gasteiger partial charge in [0.15, 0.2) is 6.23 Å². The number of nitrogens with two attached hydrogens (primary N) is 1. The van der Waals surface area contributed by atoms with Gasteiger partial charge in [0.2, 0.25) is 0 Å². The van der Waals surface area contributed by atoms with Crippen LogP contribution in [-0.4, -0.2) is 35.0 Å². The molecule has 0 fully saturated rings. The van der Waals surface area contributed by atoms with E-state index >= 15 is 0 Å². The molecule has 7 nitrogen and oxygen atoms in total. The van der Waals surface area contributed by atoms with Gasteiger partial charge in [-0.1, -0.05) is 60.7 Å². The summed E-state index contributed by atoms with van der Waals surface area (Å²) < 4.78 is 5.32. The van der Waals surface area contributed by atoms with E-state index in [0.29, 0.717) is 16.8 Å². The summed E-state index contributed by atoms with van der Waals surface area (Å²) in [6.07, 6.45) is -1.32. The number of benzene rings is 2. The Hall–Kier alpha value is -3.32. The van der Waals surface area contributed by atoms with Crippen molar-refractivity contribution in [3.05, 3.63) is 83.1 Å². The van der Waals surface area contributed by atoms with Gasteiger partial charge in [0.05, 0.1) is 12.2 Å². The summed E-state index contributed by atoms with van der Waals surface area (Å²) >= 11 is 0. The zero-order valence-electron chi connectivity index (χ0n) is 15.8. The Kier molecular flexibility index (Phi) is 5.37. The quantitative estimate of drug-likeness (QED) is 0.688. The Morgan fingerprint density at radius 1 is 1.11 bits per heavy atom. The van der Waals surface area contributed by atoms with Crippen LogP contribution in [0.25, 0.3) is 0 Å². The number of aliphatic hydroxyl groups excluding tert-OH is 1. The molecule has 1 heterocycles. The monoisotopic (exact) mass is 381 g/mol. The maximum Gasteiger partial charge on any atom is 0.337 e. The van der Waals surface area contributed by atoms with Crippen molar-refractivity contribution in [1.82, 2.24) is 10.4 Å². The molecule has 2 aromatic rings. The van der Waals surface area contributed by atoms with Gasteiger partial charge in [-0.3, -0.25) is 5.01 Å². The van der Waals surface area contributed by atoms with Crippen LogP contribution < -0.4 is 11.2 Å². The lowest BCUT2D eigenvalue weighted by Gasteiger charge is -2.38.